The lowest BCUT2D eigenvalue weighted by atomic mass is 10.1. The number of guanidine groups is 1. The molecule has 0 saturated carbocycles. The van der Waals surface area contributed by atoms with Crippen LogP contribution in [0.3, 0.4) is 0 Å². The van der Waals surface area contributed by atoms with Crippen molar-refractivity contribution in [3.8, 4) is 5.88 Å². The van der Waals surface area contributed by atoms with Gasteiger partial charge in [0.1, 0.15) is 0 Å². The van der Waals surface area contributed by atoms with Gasteiger partial charge in [-0.05, 0) is 18.1 Å². The van der Waals surface area contributed by atoms with E-state index in [9.17, 15) is 0 Å². The SMILES string of the molecule is CN=C(NCc1ccc(C)cc1)NCc1ccc(OC)nc1.I. The third-order valence-corrected chi connectivity index (χ3v) is 3.27. The predicted octanol–water partition coefficient (Wildman–Crippen LogP) is 2.88. The zero-order valence-corrected chi connectivity index (χ0v) is 16.0. The van der Waals surface area contributed by atoms with Crippen LogP contribution in [0.2, 0.25) is 0 Å². The molecule has 0 radical (unpaired) electrons. The highest BCUT2D eigenvalue weighted by molar-refractivity contribution is 14.0. The van der Waals surface area contributed by atoms with Crippen molar-refractivity contribution in [2.75, 3.05) is 14.2 Å². The van der Waals surface area contributed by atoms with Crippen LogP contribution < -0.4 is 15.4 Å². The van der Waals surface area contributed by atoms with Crippen LogP contribution in [-0.2, 0) is 13.1 Å². The van der Waals surface area contributed by atoms with Crippen molar-refractivity contribution < 1.29 is 4.74 Å². The highest BCUT2D eigenvalue weighted by Crippen LogP contribution is 2.06. The molecular weight excluding hydrogens is 403 g/mol. The van der Waals surface area contributed by atoms with E-state index in [4.69, 9.17) is 4.74 Å². The predicted molar refractivity (Wildman–Crippen MR) is 104 cm³/mol. The van der Waals surface area contributed by atoms with Gasteiger partial charge in [-0.15, -0.1) is 24.0 Å². The number of hydrogen-bond donors (Lipinski definition) is 2. The Kier molecular flexibility index (Phi) is 8.39. The summed E-state index contributed by atoms with van der Waals surface area (Å²) in [7, 11) is 3.37. The minimum Gasteiger partial charge on any atom is -0.481 e. The molecule has 0 aliphatic rings. The van der Waals surface area contributed by atoms with Crippen molar-refractivity contribution in [1.82, 2.24) is 15.6 Å². The molecule has 23 heavy (non-hydrogen) atoms. The van der Waals surface area contributed by atoms with Gasteiger partial charge in [0.15, 0.2) is 5.96 Å². The molecule has 1 aromatic carbocycles. The van der Waals surface area contributed by atoms with E-state index in [1.54, 1.807) is 20.4 Å². The fourth-order valence-corrected chi connectivity index (χ4v) is 1.93. The standard InChI is InChI=1S/C17H22N4O.HI/c1-13-4-6-14(7-5-13)10-20-17(18-2)21-12-15-8-9-16(22-3)19-11-15;/h4-9,11H,10,12H2,1-3H3,(H2,18,20,21);1H. The first kappa shape index (κ1) is 19.2. The highest BCUT2D eigenvalue weighted by atomic mass is 127. The minimum atomic E-state index is 0. The number of nitrogens with zero attached hydrogens (tertiary/aromatic N) is 2. The van der Waals surface area contributed by atoms with Gasteiger partial charge in [-0.2, -0.15) is 0 Å². The average molecular weight is 426 g/mol. The Morgan fingerprint density at radius 1 is 1.04 bits per heavy atom. The van der Waals surface area contributed by atoms with Crippen LogP contribution in [0.4, 0.5) is 0 Å². The summed E-state index contributed by atoms with van der Waals surface area (Å²) in [4.78, 5) is 8.40. The molecule has 2 N–H and O–H groups in total. The summed E-state index contributed by atoms with van der Waals surface area (Å²) in [6.45, 7) is 3.48. The number of nitrogens with one attached hydrogen (secondary N) is 2. The zero-order valence-electron chi connectivity index (χ0n) is 13.7. The molecule has 0 aliphatic heterocycles. The lowest BCUT2D eigenvalue weighted by Gasteiger charge is -2.12. The first-order valence-corrected chi connectivity index (χ1v) is 7.20. The fraction of sp³-hybridized carbons (Fsp3) is 0.294. The summed E-state index contributed by atoms with van der Waals surface area (Å²) in [6, 6.07) is 12.3. The van der Waals surface area contributed by atoms with E-state index in [0.717, 1.165) is 18.1 Å². The van der Waals surface area contributed by atoms with Crippen molar-refractivity contribution in [2.45, 2.75) is 20.0 Å². The lowest BCUT2D eigenvalue weighted by molar-refractivity contribution is 0.397. The van der Waals surface area contributed by atoms with Gasteiger partial charge in [-0.3, -0.25) is 4.99 Å². The van der Waals surface area contributed by atoms with Crippen LogP contribution in [0.15, 0.2) is 47.6 Å². The van der Waals surface area contributed by atoms with Crippen LogP contribution >= 0.6 is 24.0 Å². The monoisotopic (exact) mass is 426 g/mol. The number of aliphatic imine (C=N–C) groups is 1. The second-order valence-electron chi connectivity index (χ2n) is 4.97. The maximum Gasteiger partial charge on any atom is 0.212 e. The molecule has 6 heteroatoms. The second kappa shape index (κ2) is 10.0. The first-order valence-electron chi connectivity index (χ1n) is 7.20. The van der Waals surface area contributed by atoms with Crippen molar-refractivity contribution in [3.63, 3.8) is 0 Å². The van der Waals surface area contributed by atoms with E-state index in [1.165, 1.54) is 11.1 Å². The van der Waals surface area contributed by atoms with Crippen LogP contribution in [0.25, 0.3) is 0 Å². The third kappa shape index (κ3) is 6.43. The maximum absolute atomic E-state index is 5.04. The van der Waals surface area contributed by atoms with Gasteiger partial charge in [0.25, 0.3) is 0 Å². The van der Waals surface area contributed by atoms with Gasteiger partial charge >= 0.3 is 0 Å². The van der Waals surface area contributed by atoms with Crippen LogP contribution in [0, 0.1) is 6.92 Å². The summed E-state index contributed by atoms with van der Waals surface area (Å²) in [5.74, 6) is 1.38. The molecular formula is C17H23IN4O. The van der Waals surface area contributed by atoms with Crippen molar-refractivity contribution in [3.05, 3.63) is 59.3 Å². The summed E-state index contributed by atoms with van der Waals surface area (Å²) < 4.78 is 5.04. The Morgan fingerprint density at radius 3 is 2.17 bits per heavy atom. The van der Waals surface area contributed by atoms with E-state index in [1.807, 2.05) is 12.1 Å². The molecule has 0 unspecified atom stereocenters. The second-order valence-corrected chi connectivity index (χ2v) is 4.97. The van der Waals surface area contributed by atoms with Gasteiger partial charge in [-0.25, -0.2) is 4.98 Å². The third-order valence-electron chi connectivity index (χ3n) is 3.27. The van der Waals surface area contributed by atoms with Gasteiger partial charge < -0.3 is 15.4 Å². The topological polar surface area (TPSA) is 58.5 Å². The molecule has 1 aromatic heterocycles. The Morgan fingerprint density at radius 2 is 1.65 bits per heavy atom. The summed E-state index contributed by atoms with van der Waals surface area (Å²) in [5.41, 5.74) is 3.55. The number of ether oxygens (including phenoxy) is 1. The van der Waals surface area contributed by atoms with Crippen LogP contribution in [0.1, 0.15) is 16.7 Å². The molecule has 2 rings (SSSR count). The Bertz CT molecular complexity index is 611. The van der Waals surface area contributed by atoms with Crippen LogP contribution in [-0.4, -0.2) is 25.1 Å². The average Bonchev–Trinajstić information content (AvgIpc) is 2.57. The van der Waals surface area contributed by atoms with E-state index in [-0.39, 0.29) is 24.0 Å². The molecule has 0 aliphatic carbocycles. The van der Waals surface area contributed by atoms with Crippen molar-refractivity contribution in [2.24, 2.45) is 4.99 Å². The largest absolute Gasteiger partial charge is 0.481 e. The van der Waals surface area contributed by atoms with Crippen LogP contribution in [0.5, 0.6) is 5.88 Å². The number of aryl methyl sites for hydroxylation is 1. The van der Waals surface area contributed by atoms with Crippen molar-refractivity contribution in [1.29, 1.82) is 0 Å². The molecule has 1 heterocycles. The number of methoxy groups -OCH3 is 1. The molecule has 5 nitrogen and oxygen atoms in total. The maximum atomic E-state index is 5.04. The number of halogens is 1. The Balaban J connectivity index is 0.00000264. The number of rotatable bonds is 5. The highest BCUT2D eigenvalue weighted by Gasteiger charge is 2.00. The van der Waals surface area contributed by atoms with Gasteiger partial charge in [0.05, 0.1) is 7.11 Å². The molecule has 0 bridgehead atoms. The number of aromatic nitrogens is 1. The summed E-state index contributed by atoms with van der Waals surface area (Å²) >= 11 is 0. The summed E-state index contributed by atoms with van der Waals surface area (Å²) in [5, 5.41) is 6.55. The van der Waals surface area contributed by atoms with Crippen molar-refractivity contribution >= 4 is 29.9 Å². The van der Waals surface area contributed by atoms with Gasteiger partial charge in [0, 0.05) is 32.4 Å². The quantitative estimate of drug-likeness (QED) is 0.439. The number of benzene rings is 1. The molecule has 0 saturated heterocycles. The molecule has 0 spiro atoms. The normalized spacial score (nSPS) is 10.7. The number of hydrogen-bond acceptors (Lipinski definition) is 3. The van der Waals surface area contributed by atoms with E-state index in [2.05, 4.69) is 51.8 Å². The fourth-order valence-electron chi connectivity index (χ4n) is 1.93. The van der Waals surface area contributed by atoms with Gasteiger partial charge in [-0.1, -0.05) is 35.9 Å². The van der Waals surface area contributed by atoms with E-state index in [0.29, 0.717) is 12.4 Å². The Labute approximate surface area is 154 Å². The minimum absolute atomic E-state index is 0. The first-order chi connectivity index (χ1) is 10.7. The molecule has 0 atom stereocenters. The number of pyridine rings is 1. The molecule has 0 fully saturated rings. The Hall–Kier alpha value is -1.83. The zero-order chi connectivity index (χ0) is 15.8. The molecule has 2 aromatic rings. The smallest absolute Gasteiger partial charge is 0.212 e. The van der Waals surface area contributed by atoms with E-state index < -0.39 is 0 Å². The molecule has 0 amide bonds. The lowest BCUT2D eigenvalue weighted by Crippen LogP contribution is -2.36. The molecule has 124 valence electrons. The summed E-state index contributed by atoms with van der Waals surface area (Å²) in [6.07, 6.45) is 1.79. The van der Waals surface area contributed by atoms with E-state index >= 15 is 0 Å². The van der Waals surface area contributed by atoms with Gasteiger partial charge in [0.2, 0.25) is 5.88 Å².